The zero-order valence-corrected chi connectivity index (χ0v) is 12.6. The van der Waals surface area contributed by atoms with Crippen LogP contribution in [-0.4, -0.2) is 34.0 Å². The minimum Gasteiger partial charge on any atom is -0.481 e. The summed E-state index contributed by atoms with van der Waals surface area (Å²) in [6.45, 7) is 2.53. The van der Waals surface area contributed by atoms with Crippen LogP contribution in [0.2, 0.25) is 0 Å². The monoisotopic (exact) mass is 308 g/mol. The Morgan fingerprint density at radius 2 is 2.20 bits per heavy atom. The Kier molecular flexibility index (Phi) is 4.14. The molecular weight excluding hydrogens is 292 g/mol. The fraction of sp³-hybridized carbons (Fsp3) is 0.429. The molecule has 0 aromatic carbocycles. The van der Waals surface area contributed by atoms with Gasteiger partial charge in [0.25, 0.3) is 0 Å². The van der Waals surface area contributed by atoms with Crippen LogP contribution in [0.25, 0.3) is 10.6 Å². The van der Waals surface area contributed by atoms with Crippen molar-refractivity contribution in [3.8, 4) is 10.6 Å². The Balaban J connectivity index is 1.58. The molecule has 0 spiro atoms. The summed E-state index contributed by atoms with van der Waals surface area (Å²) < 4.78 is 0. The molecule has 1 aliphatic rings. The maximum atomic E-state index is 10.9. The summed E-state index contributed by atoms with van der Waals surface area (Å²) in [5.41, 5.74) is 2.28. The van der Waals surface area contributed by atoms with Crippen molar-refractivity contribution < 1.29 is 9.90 Å². The van der Waals surface area contributed by atoms with Crippen molar-refractivity contribution in [2.24, 2.45) is 5.92 Å². The van der Waals surface area contributed by atoms with Crippen molar-refractivity contribution in [2.45, 2.75) is 19.4 Å². The third-order valence-electron chi connectivity index (χ3n) is 3.64. The van der Waals surface area contributed by atoms with E-state index in [9.17, 15) is 4.79 Å². The highest BCUT2D eigenvalue weighted by Gasteiger charge is 2.24. The van der Waals surface area contributed by atoms with E-state index < -0.39 is 5.97 Å². The predicted molar refractivity (Wildman–Crippen MR) is 81.1 cm³/mol. The molecule has 0 atom stereocenters. The van der Waals surface area contributed by atoms with Crippen LogP contribution in [-0.2, 0) is 11.3 Å². The fourth-order valence-electron chi connectivity index (χ4n) is 2.47. The van der Waals surface area contributed by atoms with Crippen LogP contribution >= 0.6 is 22.7 Å². The van der Waals surface area contributed by atoms with E-state index in [-0.39, 0.29) is 5.92 Å². The third kappa shape index (κ3) is 3.08. The first-order valence-electron chi connectivity index (χ1n) is 6.64. The van der Waals surface area contributed by atoms with Gasteiger partial charge in [-0.05, 0) is 37.4 Å². The number of carboxylic acid groups (broad SMARTS) is 1. The van der Waals surface area contributed by atoms with Gasteiger partial charge in [0.1, 0.15) is 5.01 Å². The molecule has 1 fully saturated rings. The van der Waals surface area contributed by atoms with Gasteiger partial charge in [-0.3, -0.25) is 9.69 Å². The first-order chi connectivity index (χ1) is 9.72. The molecule has 2 aromatic rings. The van der Waals surface area contributed by atoms with E-state index in [0.717, 1.165) is 43.2 Å². The Labute approximate surface area is 125 Å². The van der Waals surface area contributed by atoms with Crippen molar-refractivity contribution in [3.63, 3.8) is 0 Å². The molecule has 0 unspecified atom stereocenters. The third-order valence-corrected chi connectivity index (χ3v) is 5.27. The molecule has 4 nitrogen and oxygen atoms in total. The first kappa shape index (κ1) is 13.7. The van der Waals surface area contributed by atoms with Crippen LogP contribution in [0.5, 0.6) is 0 Å². The zero-order valence-electron chi connectivity index (χ0n) is 11.0. The van der Waals surface area contributed by atoms with Crippen molar-refractivity contribution in [2.75, 3.05) is 13.1 Å². The number of nitrogens with zero attached hydrogens (tertiary/aromatic N) is 2. The highest BCUT2D eigenvalue weighted by molar-refractivity contribution is 7.14. The maximum Gasteiger partial charge on any atom is 0.306 e. The van der Waals surface area contributed by atoms with E-state index in [0.29, 0.717) is 0 Å². The summed E-state index contributed by atoms with van der Waals surface area (Å²) in [6, 6.07) is 2.09. The van der Waals surface area contributed by atoms with E-state index >= 15 is 0 Å². The van der Waals surface area contributed by atoms with Crippen LogP contribution in [0.4, 0.5) is 0 Å². The van der Waals surface area contributed by atoms with Crippen molar-refractivity contribution >= 4 is 28.6 Å². The molecule has 20 heavy (non-hydrogen) atoms. The average Bonchev–Trinajstić information content (AvgIpc) is 3.09. The topological polar surface area (TPSA) is 53.4 Å². The van der Waals surface area contributed by atoms with Crippen LogP contribution in [0.1, 0.15) is 18.5 Å². The average molecular weight is 308 g/mol. The van der Waals surface area contributed by atoms with E-state index in [1.165, 1.54) is 5.56 Å². The normalized spacial score (nSPS) is 17.4. The molecule has 6 heteroatoms. The second-order valence-electron chi connectivity index (χ2n) is 5.04. The zero-order chi connectivity index (χ0) is 13.9. The lowest BCUT2D eigenvalue weighted by atomic mass is 9.97. The summed E-state index contributed by atoms with van der Waals surface area (Å²) in [4.78, 5) is 17.9. The summed E-state index contributed by atoms with van der Waals surface area (Å²) >= 11 is 3.36. The van der Waals surface area contributed by atoms with Gasteiger partial charge in [-0.15, -0.1) is 11.3 Å². The van der Waals surface area contributed by atoms with Crippen LogP contribution in [0, 0.1) is 5.92 Å². The van der Waals surface area contributed by atoms with E-state index in [1.807, 2.05) is 0 Å². The maximum absolute atomic E-state index is 10.9. The molecule has 106 valence electrons. The minimum absolute atomic E-state index is 0.164. The summed E-state index contributed by atoms with van der Waals surface area (Å²) in [5.74, 6) is -0.818. The van der Waals surface area contributed by atoms with Crippen LogP contribution in [0.15, 0.2) is 22.2 Å². The quantitative estimate of drug-likeness (QED) is 0.942. The molecular formula is C14H16N2O2S2. The largest absolute Gasteiger partial charge is 0.481 e. The van der Waals surface area contributed by atoms with Crippen molar-refractivity contribution in [1.29, 1.82) is 0 Å². The number of thiazole rings is 1. The molecule has 1 N–H and O–H groups in total. The van der Waals surface area contributed by atoms with Gasteiger partial charge in [0.05, 0.1) is 11.6 Å². The SMILES string of the molecule is O=C(O)C1CCN(Cc2csc(-c3ccsc3)n2)CC1. The van der Waals surface area contributed by atoms with E-state index in [2.05, 4.69) is 32.1 Å². The second kappa shape index (κ2) is 6.03. The molecule has 3 rings (SSSR count). The molecule has 0 bridgehead atoms. The standard InChI is InChI=1S/C14H16N2O2S2/c17-14(18)10-1-4-16(5-2-10)7-12-9-20-13(15-12)11-3-6-19-8-11/h3,6,8-10H,1-2,4-5,7H2,(H,17,18). The van der Waals surface area contributed by atoms with Crippen LogP contribution in [0.3, 0.4) is 0 Å². The summed E-state index contributed by atoms with van der Waals surface area (Å²) in [7, 11) is 0. The molecule has 2 aromatic heterocycles. The van der Waals surface area contributed by atoms with E-state index in [4.69, 9.17) is 5.11 Å². The van der Waals surface area contributed by atoms with E-state index in [1.54, 1.807) is 22.7 Å². The van der Waals surface area contributed by atoms with Gasteiger partial charge in [-0.2, -0.15) is 11.3 Å². The van der Waals surface area contributed by atoms with Gasteiger partial charge in [-0.25, -0.2) is 4.98 Å². The number of carbonyl (C=O) groups is 1. The Morgan fingerprint density at radius 3 is 2.85 bits per heavy atom. The molecule has 1 aliphatic heterocycles. The number of hydrogen-bond acceptors (Lipinski definition) is 5. The minimum atomic E-state index is -0.655. The second-order valence-corrected chi connectivity index (χ2v) is 6.68. The number of piperidine rings is 1. The molecule has 1 saturated heterocycles. The van der Waals surface area contributed by atoms with Crippen molar-refractivity contribution in [1.82, 2.24) is 9.88 Å². The van der Waals surface area contributed by atoms with Gasteiger partial charge < -0.3 is 5.11 Å². The first-order valence-corrected chi connectivity index (χ1v) is 8.47. The van der Waals surface area contributed by atoms with Crippen LogP contribution < -0.4 is 0 Å². The summed E-state index contributed by atoms with van der Waals surface area (Å²) in [5, 5.41) is 16.3. The van der Waals surface area contributed by atoms with Gasteiger partial charge in [0.15, 0.2) is 0 Å². The Hall–Kier alpha value is -1.24. The Morgan fingerprint density at radius 1 is 1.40 bits per heavy atom. The number of aromatic nitrogens is 1. The number of likely N-dealkylation sites (tertiary alicyclic amines) is 1. The molecule has 0 radical (unpaired) electrons. The smallest absolute Gasteiger partial charge is 0.306 e. The molecule has 0 aliphatic carbocycles. The molecule has 0 saturated carbocycles. The lowest BCUT2D eigenvalue weighted by Gasteiger charge is -2.29. The number of rotatable bonds is 4. The highest BCUT2D eigenvalue weighted by Crippen LogP contribution is 2.27. The van der Waals surface area contributed by atoms with Gasteiger partial charge in [0, 0.05) is 22.9 Å². The lowest BCUT2D eigenvalue weighted by molar-refractivity contribution is -0.143. The number of thiophene rings is 1. The van der Waals surface area contributed by atoms with Gasteiger partial charge >= 0.3 is 5.97 Å². The fourth-order valence-corrected chi connectivity index (χ4v) is 3.99. The number of aliphatic carboxylic acids is 1. The number of hydrogen-bond donors (Lipinski definition) is 1. The molecule has 3 heterocycles. The molecule has 0 amide bonds. The Bertz CT molecular complexity index is 572. The van der Waals surface area contributed by atoms with Crippen molar-refractivity contribution in [3.05, 3.63) is 27.9 Å². The van der Waals surface area contributed by atoms with Gasteiger partial charge in [-0.1, -0.05) is 0 Å². The van der Waals surface area contributed by atoms with Gasteiger partial charge in [0.2, 0.25) is 0 Å². The predicted octanol–water partition coefficient (Wildman–Crippen LogP) is 3.17. The highest BCUT2D eigenvalue weighted by atomic mass is 32.1. The number of carboxylic acids is 1. The summed E-state index contributed by atoms with van der Waals surface area (Å²) in [6.07, 6.45) is 1.49. The lowest BCUT2D eigenvalue weighted by Crippen LogP contribution is -2.35.